The summed E-state index contributed by atoms with van der Waals surface area (Å²) in [6.45, 7) is 7.75. The van der Waals surface area contributed by atoms with Crippen LogP contribution in [0.15, 0.2) is 0 Å². The molecule has 0 aliphatic heterocycles. The van der Waals surface area contributed by atoms with Crippen molar-refractivity contribution in [2.45, 2.75) is 64.8 Å². The number of hydrogen-bond acceptors (Lipinski definition) is 3. The number of nitrogens with one attached hydrogen (secondary N) is 1. The number of fused-ring (bicyclic) bond motifs is 1. The smallest absolute Gasteiger partial charge is 0.113 e. The molecule has 0 fully saturated rings. The Labute approximate surface area is 109 Å². The third-order valence-electron chi connectivity index (χ3n) is 3.98. The van der Waals surface area contributed by atoms with Gasteiger partial charge in [-0.3, -0.25) is 0 Å². The quantitative estimate of drug-likeness (QED) is 0.865. The van der Waals surface area contributed by atoms with Gasteiger partial charge in [0.05, 0.1) is 11.2 Å². The molecule has 0 atom stereocenters. The average Bonchev–Trinajstić information content (AvgIpc) is 2.80. The minimum atomic E-state index is 0.122. The molecular weight excluding hydrogens is 228 g/mol. The Bertz CT molecular complexity index is 343. The molecule has 17 heavy (non-hydrogen) atoms. The number of hydrogen-bond donors (Lipinski definition) is 1. The molecule has 0 unspecified atom stereocenters. The molecular formula is C14H24N2S. The van der Waals surface area contributed by atoms with Crippen molar-refractivity contribution in [2.24, 2.45) is 0 Å². The molecule has 1 aromatic rings. The maximum Gasteiger partial charge on any atom is 0.113 e. The zero-order chi connectivity index (χ0) is 12.3. The first kappa shape index (κ1) is 13.0. The van der Waals surface area contributed by atoms with E-state index < -0.39 is 0 Å². The molecule has 0 aromatic carbocycles. The molecule has 1 aromatic heterocycles. The van der Waals surface area contributed by atoms with Gasteiger partial charge in [0.1, 0.15) is 5.01 Å². The normalized spacial score (nSPS) is 15.9. The van der Waals surface area contributed by atoms with Crippen LogP contribution in [0.3, 0.4) is 0 Å². The first-order valence-electron chi connectivity index (χ1n) is 6.99. The van der Waals surface area contributed by atoms with Gasteiger partial charge in [0.25, 0.3) is 0 Å². The lowest BCUT2D eigenvalue weighted by atomic mass is 9.93. The molecule has 0 saturated heterocycles. The molecule has 0 saturated carbocycles. The maximum atomic E-state index is 4.94. The highest BCUT2D eigenvalue weighted by Gasteiger charge is 2.32. The van der Waals surface area contributed by atoms with Gasteiger partial charge in [-0.05, 0) is 45.1 Å². The van der Waals surface area contributed by atoms with Gasteiger partial charge in [-0.1, -0.05) is 20.8 Å². The van der Waals surface area contributed by atoms with Crippen LogP contribution in [0.5, 0.6) is 0 Å². The largest absolute Gasteiger partial charge is 0.306 e. The molecule has 1 aliphatic carbocycles. The zero-order valence-corrected chi connectivity index (χ0v) is 12.1. The fourth-order valence-corrected chi connectivity index (χ4v) is 4.23. The van der Waals surface area contributed by atoms with Gasteiger partial charge in [0, 0.05) is 4.88 Å². The molecule has 96 valence electrons. The Morgan fingerprint density at radius 1 is 1.18 bits per heavy atom. The molecule has 0 bridgehead atoms. The van der Waals surface area contributed by atoms with E-state index in [1.165, 1.54) is 36.4 Å². The Morgan fingerprint density at radius 2 is 1.88 bits per heavy atom. The van der Waals surface area contributed by atoms with Crippen LogP contribution in [0.1, 0.15) is 62.0 Å². The summed E-state index contributed by atoms with van der Waals surface area (Å²) in [5.41, 5.74) is 1.51. The molecule has 3 heteroatoms. The summed E-state index contributed by atoms with van der Waals surface area (Å²) >= 11 is 1.96. The summed E-state index contributed by atoms with van der Waals surface area (Å²) < 4.78 is 0. The fourth-order valence-electron chi connectivity index (χ4n) is 2.77. The van der Waals surface area contributed by atoms with E-state index in [0.717, 1.165) is 19.4 Å². The van der Waals surface area contributed by atoms with Gasteiger partial charge in [-0.25, -0.2) is 4.98 Å². The van der Waals surface area contributed by atoms with E-state index in [1.54, 1.807) is 4.88 Å². The second kappa shape index (κ2) is 5.49. The number of rotatable bonds is 5. The van der Waals surface area contributed by atoms with Crippen LogP contribution < -0.4 is 5.32 Å². The Kier molecular flexibility index (Phi) is 4.21. The highest BCUT2D eigenvalue weighted by molar-refractivity contribution is 7.11. The van der Waals surface area contributed by atoms with Crippen LogP contribution in [0.2, 0.25) is 0 Å². The lowest BCUT2D eigenvalue weighted by Gasteiger charge is -2.30. The summed E-state index contributed by atoms with van der Waals surface area (Å²) in [4.78, 5) is 6.49. The van der Waals surface area contributed by atoms with Crippen molar-refractivity contribution in [2.75, 3.05) is 6.54 Å². The minimum Gasteiger partial charge on any atom is -0.306 e. The number of thiazole rings is 1. The number of aryl methyl sites for hydroxylation is 2. The molecule has 0 amide bonds. The van der Waals surface area contributed by atoms with Crippen LogP contribution in [-0.2, 0) is 18.4 Å². The standard InChI is InChI=1S/C14H24N2S/c1-4-14(5-2,15-6-3)13-16-11-9-7-8-10-12(11)17-13/h15H,4-10H2,1-3H3. The van der Waals surface area contributed by atoms with Crippen molar-refractivity contribution >= 4 is 11.3 Å². The lowest BCUT2D eigenvalue weighted by Crippen LogP contribution is -2.41. The zero-order valence-electron chi connectivity index (χ0n) is 11.3. The first-order valence-corrected chi connectivity index (χ1v) is 7.81. The van der Waals surface area contributed by atoms with Gasteiger partial charge in [0.15, 0.2) is 0 Å². The predicted octanol–water partition coefficient (Wildman–Crippen LogP) is 3.65. The van der Waals surface area contributed by atoms with Crippen LogP contribution in [0.4, 0.5) is 0 Å². The van der Waals surface area contributed by atoms with Crippen LogP contribution >= 0.6 is 11.3 Å². The molecule has 1 aliphatic rings. The minimum absolute atomic E-state index is 0.122. The van der Waals surface area contributed by atoms with Crippen molar-refractivity contribution in [1.29, 1.82) is 0 Å². The third-order valence-corrected chi connectivity index (χ3v) is 5.34. The van der Waals surface area contributed by atoms with E-state index in [1.807, 2.05) is 11.3 Å². The van der Waals surface area contributed by atoms with E-state index in [9.17, 15) is 0 Å². The fraction of sp³-hybridized carbons (Fsp3) is 0.786. The molecule has 0 radical (unpaired) electrons. The van der Waals surface area contributed by atoms with Gasteiger partial charge < -0.3 is 5.32 Å². The van der Waals surface area contributed by atoms with Crippen LogP contribution in [0.25, 0.3) is 0 Å². The maximum absolute atomic E-state index is 4.94. The monoisotopic (exact) mass is 252 g/mol. The molecule has 0 spiro atoms. The number of nitrogens with zero attached hydrogens (tertiary/aromatic N) is 1. The van der Waals surface area contributed by atoms with Gasteiger partial charge in [0.2, 0.25) is 0 Å². The van der Waals surface area contributed by atoms with E-state index in [0.29, 0.717) is 0 Å². The summed E-state index contributed by atoms with van der Waals surface area (Å²) in [5, 5.41) is 5.00. The van der Waals surface area contributed by atoms with Gasteiger partial charge >= 0.3 is 0 Å². The predicted molar refractivity (Wildman–Crippen MR) is 74.7 cm³/mol. The molecule has 1 heterocycles. The Morgan fingerprint density at radius 3 is 2.47 bits per heavy atom. The summed E-state index contributed by atoms with van der Waals surface area (Å²) in [6, 6.07) is 0. The average molecular weight is 252 g/mol. The first-order chi connectivity index (χ1) is 8.25. The van der Waals surface area contributed by atoms with Gasteiger partial charge in [-0.2, -0.15) is 0 Å². The Balaban J connectivity index is 2.32. The third kappa shape index (κ3) is 2.41. The lowest BCUT2D eigenvalue weighted by molar-refractivity contribution is 0.314. The summed E-state index contributed by atoms with van der Waals surface area (Å²) in [6.07, 6.45) is 7.38. The second-order valence-electron chi connectivity index (χ2n) is 4.92. The molecule has 1 N–H and O–H groups in total. The topological polar surface area (TPSA) is 24.9 Å². The highest BCUT2D eigenvalue weighted by Crippen LogP contribution is 2.36. The van der Waals surface area contributed by atoms with Crippen LogP contribution in [-0.4, -0.2) is 11.5 Å². The second-order valence-corrected chi connectivity index (χ2v) is 6.00. The molecule has 2 nitrogen and oxygen atoms in total. The summed E-state index contributed by atoms with van der Waals surface area (Å²) in [7, 11) is 0. The van der Waals surface area contributed by atoms with Crippen LogP contribution in [0, 0.1) is 0 Å². The van der Waals surface area contributed by atoms with Crippen molar-refractivity contribution in [3.63, 3.8) is 0 Å². The summed E-state index contributed by atoms with van der Waals surface area (Å²) in [5.74, 6) is 0. The van der Waals surface area contributed by atoms with E-state index in [2.05, 4.69) is 26.1 Å². The van der Waals surface area contributed by atoms with E-state index in [4.69, 9.17) is 4.98 Å². The molecule has 2 rings (SSSR count). The van der Waals surface area contributed by atoms with E-state index in [-0.39, 0.29) is 5.54 Å². The number of aromatic nitrogens is 1. The Hall–Kier alpha value is -0.410. The van der Waals surface area contributed by atoms with Crippen molar-refractivity contribution in [3.8, 4) is 0 Å². The van der Waals surface area contributed by atoms with Crippen molar-refractivity contribution in [3.05, 3.63) is 15.6 Å². The SMILES string of the molecule is CCNC(CC)(CC)c1nc2c(s1)CCCC2. The highest BCUT2D eigenvalue weighted by atomic mass is 32.1. The van der Waals surface area contributed by atoms with E-state index >= 15 is 0 Å². The van der Waals surface area contributed by atoms with Gasteiger partial charge in [-0.15, -0.1) is 11.3 Å². The van der Waals surface area contributed by atoms with Crippen molar-refractivity contribution in [1.82, 2.24) is 10.3 Å². The van der Waals surface area contributed by atoms with Crippen molar-refractivity contribution < 1.29 is 0 Å².